The summed E-state index contributed by atoms with van der Waals surface area (Å²) in [6.07, 6.45) is 5.46. The molecule has 170 valence electrons. The van der Waals surface area contributed by atoms with Crippen molar-refractivity contribution in [2.24, 2.45) is 0 Å². The summed E-state index contributed by atoms with van der Waals surface area (Å²) in [5, 5.41) is 0.699. The molecule has 9 nitrogen and oxygen atoms in total. The minimum Gasteiger partial charge on any atom is -0.493 e. The number of anilines is 2. The SMILES string of the molecule is COc1cc2nc(N(C)[C@@H]3CCCC[C@H]3N(C)C(=O)c3ccco3)nc(N)c2cc1OC. The number of nitrogen functional groups attached to an aromatic ring is 1. The molecular weight excluding hydrogens is 410 g/mol. The highest BCUT2D eigenvalue weighted by atomic mass is 16.5. The van der Waals surface area contributed by atoms with Gasteiger partial charge in [-0.1, -0.05) is 12.8 Å². The van der Waals surface area contributed by atoms with Crippen LogP contribution in [0.5, 0.6) is 11.5 Å². The van der Waals surface area contributed by atoms with E-state index in [1.807, 2.05) is 19.0 Å². The number of benzene rings is 1. The largest absolute Gasteiger partial charge is 0.493 e. The number of fused-ring (bicyclic) bond motifs is 1. The van der Waals surface area contributed by atoms with E-state index >= 15 is 0 Å². The Labute approximate surface area is 187 Å². The summed E-state index contributed by atoms with van der Waals surface area (Å²) < 4.78 is 16.1. The normalized spacial score (nSPS) is 18.4. The predicted octanol–water partition coefficient (Wildman–Crippen LogP) is 3.34. The molecule has 1 aromatic carbocycles. The molecule has 32 heavy (non-hydrogen) atoms. The Bertz CT molecular complexity index is 1100. The molecule has 3 aromatic rings. The third-order valence-corrected chi connectivity index (χ3v) is 6.28. The molecule has 2 heterocycles. The fourth-order valence-electron chi connectivity index (χ4n) is 4.49. The molecule has 2 atom stereocenters. The number of nitrogens with two attached hydrogens (primary N) is 1. The van der Waals surface area contributed by atoms with Gasteiger partial charge in [0.15, 0.2) is 17.3 Å². The van der Waals surface area contributed by atoms with Crippen molar-refractivity contribution in [3.05, 3.63) is 36.3 Å². The van der Waals surface area contributed by atoms with Crippen molar-refractivity contribution in [2.75, 3.05) is 38.9 Å². The molecule has 2 N–H and O–H groups in total. The second-order valence-corrected chi connectivity index (χ2v) is 8.06. The standard InChI is InChI=1S/C23H29N5O4/c1-27(22(29)18-10-7-11-32-18)16-8-5-6-9-17(16)28(2)23-25-15-13-20(31-4)19(30-3)12-14(15)21(24)26-23/h7,10-13,16-17H,5-6,8-9H2,1-4H3,(H2,24,25,26)/t16-,17-/m1/s1. The van der Waals surface area contributed by atoms with E-state index in [4.69, 9.17) is 24.6 Å². The number of likely N-dealkylation sites (N-methyl/N-ethyl adjacent to an activating group) is 2. The van der Waals surface area contributed by atoms with Crippen molar-refractivity contribution in [3.63, 3.8) is 0 Å². The molecule has 9 heteroatoms. The molecule has 0 aliphatic heterocycles. The topological polar surface area (TPSA) is 107 Å². The van der Waals surface area contributed by atoms with Gasteiger partial charge in [-0.05, 0) is 31.0 Å². The number of furan rings is 1. The van der Waals surface area contributed by atoms with Crippen LogP contribution in [0.1, 0.15) is 36.2 Å². The third-order valence-electron chi connectivity index (χ3n) is 6.28. The average molecular weight is 440 g/mol. The van der Waals surface area contributed by atoms with Crippen molar-refractivity contribution in [2.45, 2.75) is 37.8 Å². The molecule has 0 bridgehead atoms. The van der Waals surface area contributed by atoms with Crippen LogP contribution in [0.2, 0.25) is 0 Å². The first-order chi connectivity index (χ1) is 15.4. The Morgan fingerprint density at radius 1 is 1.09 bits per heavy atom. The lowest BCUT2D eigenvalue weighted by Crippen LogP contribution is -2.53. The number of hydrogen-bond acceptors (Lipinski definition) is 8. The fraction of sp³-hybridized carbons (Fsp3) is 0.435. The second kappa shape index (κ2) is 8.94. The van der Waals surface area contributed by atoms with E-state index in [1.54, 1.807) is 43.4 Å². The molecule has 4 rings (SSSR count). The molecule has 1 amide bonds. The van der Waals surface area contributed by atoms with Crippen molar-refractivity contribution in [1.82, 2.24) is 14.9 Å². The van der Waals surface area contributed by atoms with E-state index < -0.39 is 0 Å². The van der Waals surface area contributed by atoms with Crippen LogP contribution in [0, 0.1) is 0 Å². The monoisotopic (exact) mass is 439 g/mol. The maximum Gasteiger partial charge on any atom is 0.289 e. The van der Waals surface area contributed by atoms with Crippen molar-refractivity contribution >= 4 is 28.6 Å². The number of amides is 1. The van der Waals surface area contributed by atoms with Crippen LogP contribution >= 0.6 is 0 Å². The molecule has 0 spiro atoms. The van der Waals surface area contributed by atoms with E-state index in [-0.39, 0.29) is 18.0 Å². The minimum absolute atomic E-state index is 0.00252. The summed E-state index contributed by atoms with van der Waals surface area (Å²) in [5.74, 6) is 2.23. The number of hydrogen-bond donors (Lipinski definition) is 1. The molecule has 1 aliphatic rings. The Morgan fingerprint density at radius 3 is 2.44 bits per heavy atom. The highest BCUT2D eigenvalue weighted by Gasteiger charge is 2.35. The number of ether oxygens (including phenoxy) is 2. The van der Waals surface area contributed by atoms with Gasteiger partial charge < -0.3 is 29.4 Å². The van der Waals surface area contributed by atoms with Gasteiger partial charge in [0.2, 0.25) is 5.95 Å². The van der Waals surface area contributed by atoms with Gasteiger partial charge in [0.1, 0.15) is 5.82 Å². The molecule has 2 aromatic heterocycles. The lowest BCUT2D eigenvalue weighted by molar-refractivity contribution is 0.0637. The third kappa shape index (κ3) is 3.90. The second-order valence-electron chi connectivity index (χ2n) is 8.06. The molecule has 1 fully saturated rings. The zero-order valence-electron chi connectivity index (χ0n) is 18.9. The highest BCUT2D eigenvalue weighted by Crippen LogP contribution is 2.35. The quantitative estimate of drug-likeness (QED) is 0.623. The summed E-state index contributed by atoms with van der Waals surface area (Å²) in [5.41, 5.74) is 6.97. The molecule has 0 unspecified atom stereocenters. The first-order valence-electron chi connectivity index (χ1n) is 10.7. The van der Waals surface area contributed by atoms with Gasteiger partial charge in [0.05, 0.1) is 38.1 Å². The molecule has 0 radical (unpaired) electrons. The van der Waals surface area contributed by atoms with Gasteiger partial charge in [0.25, 0.3) is 5.91 Å². The van der Waals surface area contributed by atoms with Crippen molar-refractivity contribution in [3.8, 4) is 11.5 Å². The number of carbonyl (C=O) groups is 1. The first-order valence-corrected chi connectivity index (χ1v) is 10.7. The van der Waals surface area contributed by atoms with E-state index in [0.717, 1.165) is 25.7 Å². The zero-order chi connectivity index (χ0) is 22.8. The van der Waals surface area contributed by atoms with Crippen LogP contribution in [0.4, 0.5) is 11.8 Å². The molecular formula is C23H29N5O4. The molecule has 0 saturated heterocycles. The summed E-state index contributed by atoms with van der Waals surface area (Å²) in [7, 11) is 6.94. The van der Waals surface area contributed by atoms with E-state index in [9.17, 15) is 4.79 Å². The number of carbonyl (C=O) groups excluding carboxylic acids is 1. The van der Waals surface area contributed by atoms with Crippen LogP contribution in [0.25, 0.3) is 10.9 Å². The highest BCUT2D eigenvalue weighted by molar-refractivity contribution is 5.92. The Morgan fingerprint density at radius 2 is 1.78 bits per heavy atom. The van der Waals surface area contributed by atoms with Gasteiger partial charge in [-0.15, -0.1) is 0 Å². The Hall–Kier alpha value is -3.49. The van der Waals surface area contributed by atoms with Gasteiger partial charge >= 0.3 is 0 Å². The first kappa shape index (κ1) is 21.7. The van der Waals surface area contributed by atoms with Crippen LogP contribution in [-0.4, -0.2) is 61.2 Å². The summed E-state index contributed by atoms with van der Waals surface area (Å²) in [6, 6.07) is 7.04. The summed E-state index contributed by atoms with van der Waals surface area (Å²) >= 11 is 0. The predicted molar refractivity (Wildman–Crippen MR) is 122 cm³/mol. The minimum atomic E-state index is -0.129. The smallest absolute Gasteiger partial charge is 0.289 e. The van der Waals surface area contributed by atoms with Crippen molar-refractivity contribution in [1.29, 1.82) is 0 Å². The maximum absolute atomic E-state index is 12.9. The van der Waals surface area contributed by atoms with Gasteiger partial charge in [0, 0.05) is 25.5 Å². The summed E-state index contributed by atoms with van der Waals surface area (Å²) in [6.45, 7) is 0. The Balaban J connectivity index is 1.66. The zero-order valence-corrected chi connectivity index (χ0v) is 18.9. The number of aromatic nitrogens is 2. The average Bonchev–Trinajstić information content (AvgIpc) is 3.36. The van der Waals surface area contributed by atoms with Crippen LogP contribution in [0.15, 0.2) is 34.9 Å². The van der Waals surface area contributed by atoms with Gasteiger partial charge in [-0.2, -0.15) is 4.98 Å². The van der Waals surface area contributed by atoms with E-state index in [1.165, 1.54) is 6.26 Å². The van der Waals surface area contributed by atoms with Crippen LogP contribution in [-0.2, 0) is 0 Å². The van der Waals surface area contributed by atoms with Crippen LogP contribution < -0.4 is 20.1 Å². The summed E-state index contributed by atoms with van der Waals surface area (Å²) in [4.78, 5) is 26.0. The van der Waals surface area contributed by atoms with Gasteiger partial charge in [-0.3, -0.25) is 4.79 Å². The molecule has 1 aliphatic carbocycles. The van der Waals surface area contributed by atoms with Gasteiger partial charge in [-0.25, -0.2) is 4.98 Å². The van der Waals surface area contributed by atoms with E-state index in [0.29, 0.717) is 39.9 Å². The number of methoxy groups -OCH3 is 2. The Kier molecular flexibility index (Phi) is 6.07. The fourth-order valence-corrected chi connectivity index (χ4v) is 4.49. The lowest BCUT2D eigenvalue weighted by Gasteiger charge is -2.42. The van der Waals surface area contributed by atoms with E-state index in [2.05, 4.69) is 4.98 Å². The van der Waals surface area contributed by atoms with Crippen LogP contribution in [0.3, 0.4) is 0 Å². The van der Waals surface area contributed by atoms with Crippen molar-refractivity contribution < 1.29 is 18.7 Å². The molecule has 1 saturated carbocycles. The lowest BCUT2D eigenvalue weighted by atomic mass is 9.88. The number of nitrogens with zero attached hydrogens (tertiary/aromatic N) is 4. The number of rotatable bonds is 6. The maximum atomic E-state index is 12.9.